The molecule has 0 amide bonds. The highest BCUT2D eigenvalue weighted by Gasteiger charge is 2.37. The predicted octanol–water partition coefficient (Wildman–Crippen LogP) is 1.30. The first-order valence-electron chi connectivity index (χ1n) is 4.61. The van der Waals surface area contributed by atoms with Crippen molar-refractivity contribution in [1.29, 1.82) is 0 Å². The zero-order valence-corrected chi connectivity index (χ0v) is 9.86. The molecule has 1 heterocycles. The molecule has 16 heavy (non-hydrogen) atoms. The average Bonchev–Trinajstić information content (AvgIpc) is 2.24. The van der Waals surface area contributed by atoms with Crippen LogP contribution in [0.4, 0.5) is 4.39 Å². The molecule has 0 saturated heterocycles. The van der Waals surface area contributed by atoms with E-state index in [1.807, 2.05) is 0 Å². The molecule has 0 spiro atoms. The Morgan fingerprint density at radius 3 is 2.81 bits per heavy atom. The highest BCUT2D eigenvalue weighted by atomic mass is 79.9. The Balaban J connectivity index is 2.47. The van der Waals surface area contributed by atoms with E-state index in [0.29, 0.717) is 5.56 Å². The van der Waals surface area contributed by atoms with E-state index in [1.165, 1.54) is 0 Å². The second-order valence-corrected chi connectivity index (χ2v) is 4.34. The van der Waals surface area contributed by atoms with E-state index >= 15 is 0 Å². The molecule has 84 valence electrons. The van der Waals surface area contributed by atoms with Crippen molar-refractivity contribution in [3.63, 3.8) is 0 Å². The van der Waals surface area contributed by atoms with Gasteiger partial charge in [-0.1, -0.05) is 28.1 Å². The zero-order chi connectivity index (χ0) is 11.8. The molecule has 0 radical (unpaired) electrons. The summed E-state index contributed by atoms with van der Waals surface area (Å²) in [6.45, 7) is 0. The van der Waals surface area contributed by atoms with Gasteiger partial charge in [0, 0.05) is 10.0 Å². The van der Waals surface area contributed by atoms with Crippen molar-refractivity contribution in [2.75, 3.05) is 0 Å². The minimum atomic E-state index is -1.97. The number of hydrogen-bond acceptors (Lipinski definition) is 4. The molecule has 1 aromatic carbocycles. The van der Waals surface area contributed by atoms with Crippen molar-refractivity contribution in [1.82, 2.24) is 0 Å². The van der Waals surface area contributed by atoms with E-state index in [0.717, 1.165) is 10.7 Å². The maximum atomic E-state index is 14.6. The fourth-order valence-electron chi connectivity index (χ4n) is 1.45. The summed E-state index contributed by atoms with van der Waals surface area (Å²) in [4.78, 5) is 7.46. The van der Waals surface area contributed by atoms with Crippen LogP contribution >= 0.6 is 15.9 Å². The Morgan fingerprint density at radius 2 is 2.19 bits per heavy atom. The summed E-state index contributed by atoms with van der Waals surface area (Å²) in [6, 6.07) is 6.77. The topological polar surface area (TPSA) is 76.8 Å². The molecule has 0 saturated carbocycles. The monoisotopic (exact) mass is 284 g/mol. The van der Waals surface area contributed by atoms with E-state index in [1.54, 1.807) is 24.3 Å². The molecular weight excluding hydrogens is 275 g/mol. The van der Waals surface area contributed by atoms with Crippen LogP contribution in [0.15, 0.2) is 38.7 Å². The average molecular weight is 285 g/mol. The number of halogens is 2. The molecule has 6 heteroatoms. The number of aliphatic imine (C=N–C) groups is 2. The third kappa shape index (κ3) is 1.85. The predicted molar refractivity (Wildman–Crippen MR) is 65.0 cm³/mol. The second-order valence-electron chi connectivity index (χ2n) is 3.43. The van der Waals surface area contributed by atoms with Gasteiger partial charge in [0.25, 0.3) is 0 Å². The van der Waals surface area contributed by atoms with Crippen LogP contribution < -0.4 is 11.5 Å². The lowest BCUT2D eigenvalue weighted by atomic mass is 9.95. The van der Waals surface area contributed by atoms with Gasteiger partial charge in [-0.2, -0.15) is 0 Å². The molecule has 1 aliphatic heterocycles. The highest BCUT2D eigenvalue weighted by Crippen LogP contribution is 2.28. The van der Waals surface area contributed by atoms with Crippen molar-refractivity contribution < 1.29 is 4.39 Å². The fraction of sp³-hybridized carbons (Fsp3) is 0.200. The van der Waals surface area contributed by atoms with Gasteiger partial charge in [0.15, 0.2) is 6.29 Å². The molecular formula is C10H10BrFN4. The Morgan fingerprint density at radius 1 is 1.44 bits per heavy atom. The van der Waals surface area contributed by atoms with E-state index < -0.39 is 12.0 Å². The van der Waals surface area contributed by atoms with Crippen molar-refractivity contribution in [3.05, 3.63) is 34.3 Å². The summed E-state index contributed by atoms with van der Waals surface area (Å²) >= 11 is 3.27. The van der Waals surface area contributed by atoms with E-state index in [4.69, 9.17) is 11.5 Å². The minimum Gasteiger partial charge on any atom is -0.384 e. The van der Waals surface area contributed by atoms with Gasteiger partial charge in [0.2, 0.25) is 5.67 Å². The molecule has 1 aliphatic rings. The van der Waals surface area contributed by atoms with Gasteiger partial charge in [0.1, 0.15) is 5.84 Å². The van der Waals surface area contributed by atoms with Crippen LogP contribution in [-0.2, 0) is 5.67 Å². The quantitative estimate of drug-likeness (QED) is 0.815. The molecule has 4 nitrogen and oxygen atoms in total. The minimum absolute atomic E-state index is 0.173. The molecule has 0 fully saturated rings. The van der Waals surface area contributed by atoms with Crippen molar-refractivity contribution >= 4 is 28.0 Å². The summed E-state index contributed by atoms with van der Waals surface area (Å²) < 4.78 is 15.3. The Hall–Kier alpha value is -1.27. The van der Waals surface area contributed by atoms with Crippen LogP contribution in [0.5, 0.6) is 0 Å². The van der Waals surface area contributed by atoms with Gasteiger partial charge in [-0.15, -0.1) is 0 Å². The van der Waals surface area contributed by atoms with Crippen molar-refractivity contribution in [2.45, 2.75) is 12.0 Å². The first-order valence-corrected chi connectivity index (χ1v) is 5.40. The second kappa shape index (κ2) is 3.95. The third-order valence-corrected chi connectivity index (χ3v) is 2.79. The van der Waals surface area contributed by atoms with Gasteiger partial charge < -0.3 is 5.73 Å². The number of amidine groups is 1. The Labute approximate surface area is 100 Å². The van der Waals surface area contributed by atoms with Crippen molar-refractivity contribution in [3.8, 4) is 0 Å². The molecule has 4 N–H and O–H groups in total. The molecule has 0 aliphatic carbocycles. The summed E-state index contributed by atoms with van der Waals surface area (Å²) in [6.07, 6.45) is 0.290. The smallest absolute Gasteiger partial charge is 0.227 e. The Bertz CT molecular complexity index is 474. The molecule has 1 aromatic rings. The number of nitrogens with zero attached hydrogens (tertiary/aromatic N) is 2. The maximum Gasteiger partial charge on any atom is 0.227 e. The van der Waals surface area contributed by atoms with E-state index in [9.17, 15) is 4.39 Å². The van der Waals surface area contributed by atoms with Crippen LogP contribution in [-0.4, -0.2) is 18.3 Å². The molecule has 0 bridgehead atoms. The van der Waals surface area contributed by atoms with E-state index in [-0.39, 0.29) is 5.84 Å². The van der Waals surface area contributed by atoms with Gasteiger partial charge in [0.05, 0.1) is 6.21 Å². The lowest BCUT2D eigenvalue weighted by molar-refractivity contribution is 0.356. The van der Waals surface area contributed by atoms with Crippen molar-refractivity contribution in [2.24, 2.45) is 21.5 Å². The SMILES string of the molecule is NC1=NC(N)N=CC1(F)c1cccc(Br)c1. The summed E-state index contributed by atoms with van der Waals surface area (Å²) in [7, 11) is 0. The van der Waals surface area contributed by atoms with Gasteiger partial charge in [-0.3, -0.25) is 10.7 Å². The zero-order valence-electron chi connectivity index (χ0n) is 8.27. The maximum absolute atomic E-state index is 14.6. The van der Waals surface area contributed by atoms with E-state index in [2.05, 4.69) is 25.9 Å². The first-order chi connectivity index (χ1) is 7.52. The van der Waals surface area contributed by atoms with Crippen LogP contribution in [0, 0.1) is 0 Å². The first kappa shape index (κ1) is 11.2. The lowest BCUT2D eigenvalue weighted by Crippen LogP contribution is -2.44. The largest absolute Gasteiger partial charge is 0.384 e. The van der Waals surface area contributed by atoms with Gasteiger partial charge in [-0.05, 0) is 12.1 Å². The summed E-state index contributed by atoms with van der Waals surface area (Å²) in [5, 5.41) is 0. The number of alkyl halides is 1. The molecule has 2 unspecified atom stereocenters. The Kier molecular flexibility index (Phi) is 2.77. The molecule has 0 aromatic heterocycles. The molecule has 2 atom stereocenters. The number of hydrogen-bond donors (Lipinski definition) is 2. The highest BCUT2D eigenvalue weighted by molar-refractivity contribution is 9.10. The van der Waals surface area contributed by atoms with Crippen LogP contribution in [0.3, 0.4) is 0 Å². The lowest BCUT2D eigenvalue weighted by Gasteiger charge is -2.25. The number of nitrogens with two attached hydrogens (primary N) is 2. The molecule has 2 rings (SSSR count). The van der Waals surface area contributed by atoms with Crippen LogP contribution in [0.25, 0.3) is 0 Å². The van der Waals surface area contributed by atoms with Gasteiger partial charge >= 0.3 is 0 Å². The standard InChI is InChI=1S/C10H10BrFN4/c11-7-3-1-2-6(4-7)10(12)5-15-9(14)16-8(10)13/h1-5,9H,14H2,(H2,13,16). The fourth-order valence-corrected chi connectivity index (χ4v) is 1.85. The summed E-state index contributed by atoms with van der Waals surface area (Å²) in [5.41, 5.74) is 9.39. The number of rotatable bonds is 1. The summed E-state index contributed by atoms with van der Waals surface area (Å²) in [5.74, 6) is -0.173. The van der Waals surface area contributed by atoms with Crippen LogP contribution in [0.1, 0.15) is 5.56 Å². The number of benzene rings is 1. The third-order valence-electron chi connectivity index (χ3n) is 2.29. The van der Waals surface area contributed by atoms with Gasteiger partial charge in [-0.25, -0.2) is 9.38 Å². The normalized spacial score (nSPS) is 28.9. The van der Waals surface area contributed by atoms with Crippen LogP contribution in [0.2, 0.25) is 0 Å².